The van der Waals surface area contributed by atoms with E-state index in [1.165, 1.54) is 24.4 Å². The molecular formula is C10H10N4O3S2. The Morgan fingerprint density at radius 1 is 1.42 bits per heavy atom. The van der Waals surface area contributed by atoms with Gasteiger partial charge in [-0.05, 0) is 12.1 Å². The van der Waals surface area contributed by atoms with Crippen LogP contribution in [0.15, 0.2) is 28.6 Å². The number of carbonyl (C=O) groups excluding carboxylic acids is 1. The first kappa shape index (κ1) is 13.4. The summed E-state index contributed by atoms with van der Waals surface area (Å²) < 4.78 is 26.2. The van der Waals surface area contributed by atoms with E-state index in [4.69, 9.17) is 5.73 Å². The second-order valence-electron chi connectivity index (χ2n) is 3.62. The number of aromatic nitrogens is 2. The fraction of sp³-hybridized carbons (Fsp3) is 0.100. The van der Waals surface area contributed by atoms with Gasteiger partial charge in [0.25, 0.3) is 10.0 Å². The van der Waals surface area contributed by atoms with Crippen molar-refractivity contribution in [2.45, 2.75) is 11.8 Å². The minimum Gasteiger partial charge on any atom is -0.384 e. The third-order valence-electron chi connectivity index (χ3n) is 2.16. The lowest BCUT2D eigenvalue weighted by molar-refractivity contribution is 0.101. The number of rotatable bonds is 4. The molecule has 0 aliphatic heterocycles. The first-order valence-electron chi connectivity index (χ1n) is 5.09. The van der Waals surface area contributed by atoms with Crippen molar-refractivity contribution < 1.29 is 13.2 Å². The van der Waals surface area contributed by atoms with Crippen LogP contribution in [-0.4, -0.2) is 24.2 Å². The van der Waals surface area contributed by atoms with Gasteiger partial charge in [0.2, 0.25) is 0 Å². The van der Waals surface area contributed by atoms with Gasteiger partial charge in [-0.15, -0.1) is 11.3 Å². The summed E-state index contributed by atoms with van der Waals surface area (Å²) >= 11 is 1.04. The van der Waals surface area contributed by atoms with Gasteiger partial charge in [0.05, 0.1) is 0 Å². The molecule has 19 heavy (non-hydrogen) atoms. The quantitative estimate of drug-likeness (QED) is 0.817. The Bertz CT molecular complexity index is 707. The highest BCUT2D eigenvalue weighted by Crippen LogP contribution is 2.20. The normalized spacial score (nSPS) is 11.2. The van der Waals surface area contributed by atoms with Gasteiger partial charge in [-0.3, -0.25) is 9.52 Å². The van der Waals surface area contributed by atoms with Crippen LogP contribution < -0.4 is 10.5 Å². The highest BCUT2D eigenvalue weighted by molar-refractivity contribution is 7.93. The van der Waals surface area contributed by atoms with Crippen molar-refractivity contribution >= 4 is 38.1 Å². The average Bonchev–Trinajstić information content (AvgIpc) is 2.77. The van der Waals surface area contributed by atoms with Crippen LogP contribution in [0.2, 0.25) is 0 Å². The van der Waals surface area contributed by atoms with Gasteiger partial charge < -0.3 is 5.73 Å². The minimum absolute atomic E-state index is 0.0266. The van der Waals surface area contributed by atoms with Crippen molar-refractivity contribution in [2.75, 3.05) is 10.5 Å². The predicted molar refractivity (Wildman–Crippen MR) is 71.6 cm³/mol. The fourth-order valence-electron chi connectivity index (χ4n) is 1.21. The molecule has 0 atom stereocenters. The van der Waals surface area contributed by atoms with Crippen LogP contribution >= 0.6 is 11.3 Å². The summed E-state index contributed by atoms with van der Waals surface area (Å²) in [4.78, 5) is 18.6. The van der Waals surface area contributed by atoms with Gasteiger partial charge in [-0.1, -0.05) is 0 Å². The number of hydrogen-bond acceptors (Lipinski definition) is 7. The molecule has 0 saturated heterocycles. The lowest BCUT2D eigenvalue weighted by Gasteiger charge is -2.04. The molecule has 0 aromatic carbocycles. The van der Waals surface area contributed by atoms with Gasteiger partial charge in [0, 0.05) is 18.5 Å². The number of thiazole rings is 1. The van der Waals surface area contributed by atoms with E-state index in [0.717, 1.165) is 17.5 Å². The topological polar surface area (TPSA) is 115 Å². The molecule has 0 aliphatic rings. The molecule has 0 amide bonds. The zero-order chi connectivity index (χ0) is 14.0. The summed E-state index contributed by atoms with van der Waals surface area (Å²) in [7, 11) is -3.77. The summed E-state index contributed by atoms with van der Waals surface area (Å²) in [6.07, 6.45) is 1.15. The summed E-state index contributed by atoms with van der Waals surface area (Å²) in [6.45, 7) is 1.36. The molecule has 0 radical (unpaired) electrons. The number of nitrogen functional groups attached to an aromatic ring is 1. The van der Waals surface area contributed by atoms with E-state index < -0.39 is 10.0 Å². The monoisotopic (exact) mass is 298 g/mol. The Balaban J connectivity index is 2.25. The smallest absolute Gasteiger partial charge is 0.265 e. The highest BCUT2D eigenvalue weighted by atomic mass is 32.2. The maximum atomic E-state index is 12.0. The number of carbonyl (C=O) groups is 1. The third-order valence-corrected chi connectivity index (χ3v) is 4.37. The fourth-order valence-corrected chi connectivity index (χ4v) is 3.15. The molecule has 0 saturated carbocycles. The molecule has 0 bridgehead atoms. The van der Waals surface area contributed by atoms with Crippen molar-refractivity contribution in [3.63, 3.8) is 0 Å². The zero-order valence-electron chi connectivity index (χ0n) is 9.82. The molecule has 2 aromatic rings. The van der Waals surface area contributed by atoms with Crippen LogP contribution in [-0.2, 0) is 10.0 Å². The van der Waals surface area contributed by atoms with E-state index in [2.05, 4.69) is 14.7 Å². The van der Waals surface area contributed by atoms with Gasteiger partial charge in [-0.2, -0.15) is 0 Å². The van der Waals surface area contributed by atoms with Crippen LogP contribution in [0.4, 0.5) is 10.9 Å². The molecule has 7 nitrogen and oxygen atoms in total. The Hall–Kier alpha value is -2.00. The molecule has 2 heterocycles. The maximum Gasteiger partial charge on any atom is 0.265 e. The standard InChI is InChI=1S/C10H10N4O3S2/c1-6(15)8-5-18-10(13-8)14-19(16,17)7-2-3-9(11)12-4-7/h2-5H,1H3,(H2,11,12)(H,13,14). The van der Waals surface area contributed by atoms with E-state index in [0.29, 0.717) is 0 Å². The number of nitrogens with two attached hydrogens (primary N) is 1. The van der Waals surface area contributed by atoms with Gasteiger partial charge >= 0.3 is 0 Å². The Kier molecular flexibility index (Phi) is 3.49. The SMILES string of the molecule is CC(=O)c1csc(NS(=O)(=O)c2ccc(N)nc2)n1. The van der Waals surface area contributed by atoms with E-state index >= 15 is 0 Å². The molecule has 0 aliphatic carbocycles. The molecule has 2 aromatic heterocycles. The van der Waals surface area contributed by atoms with Crippen LogP contribution in [0.1, 0.15) is 17.4 Å². The second kappa shape index (κ2) is 4.94. The number of hydrogen-bond donors (Lipinski definition) is 2. The largest absolute Gasteiger partial charge is 0.384 e. The number of Topliss-reactive ketones (excluding diaryl/α,β-unsaturated/α-hetero) is 1. The molecule has 0 unspecified atom stereocenters. The van der Waals surface area contributed by atoms with Crippen molar-refractivity contribution in [2.24, 2.45) is 0 Å². The predicted octanol–water partition coefficient (Wildman–Crippen LogP) is 1.12. The Labute approximate surface area is 113 Å². The molecule has 100 valence electrons. The number of nitrogens with zero attached hydrogens (tertiary/aromatic N) is 2. The van der Waals surface area contributed by atoms with Crippen LogP contribution in [0.5, 0.6) is 0 Å². The Morgan fingerprint density at radius 3 is 2.68 bits per heavy atom. The number of anilines is 2. The number of pyridine rings is 1. The molecule has 9 heteroatoms. The van der Waals surface area contributed by atoms with E-state index in [9.17, 15) is 13.2 Å². The number of sulfonamides is 1. The summed E-state index contributed by atoms with van der Waals surface area (Å²) in [6, 6.07) is 2.72. The van der Waals surface area contributed by atoms with Gasteiger partial charge in [0.1, 0.15) is 16.4 Å². The van der Waals surface area contributed by atoms with Crippen molar-refractivity contribution in [1.82, 2.24) is 9.97 Å². The van der Waals surface area contributed by atoms with Crippen molar-refractivity contribution in [3.05, 3.63) is 29.4 Å². The minimum atomic E-state index is -3.77. The number of nitrogens with one attached hydrogen (secondary N) is 1. The highest BCUT2D eigenvalue weighted by Gasteiger charge is 2.17. The maximum absolute atomic E-state index is 12.0. The van der Waals surface area contributed by atoms with Gasteiger partial charge in [0.15, 0.2) is 10.9 Å². The summed E-state index contributed by atoms with van der Waals surface area (Å²) in [5.74, 6) is 0.00270. The molecule has 0 fully saturated rings. The van der Waals surface area contributed by atoms with Crippen LogP contribution in [0.25, 0.3) is 0 Å². The van der Waals surface area contributed by atoms with Crippen molar-refractivity contribution in [1.29, 1.82) is 0 Å². The molecule has 3 N–H and O–H groups in total. The summed E-state index contributed by atoms with van der Waals surface area (Å²) in [5, 5.41) is 1.61. The van der Waals surface area contributed by atoms with E-state index in [1.54, 1.807) is 0 Å². The first-order chi connectivity index (χ1) is 8.88. The van der Waals surface area contributed by atoms with E-state index in [1.807, 2.05) is 0 Å². The third kappa shape index (κ3) is 3.06. The summed E-state index contributed by atoms with van der Waals surface area (Å²) in [5.41, 5.74) is 5.61. The zero-order valence-corrected chi connectivity index (χ0v) is 11.5. The first-order valence-corrected chi connectivity index (χ1v) is 7.45. The van der Waals surface area contributed by atoms with E-state index in [-0.39, 0.29) is 27.3 Å². The van der Waals surface area contributed by atoms with Crippen LogP contribution in [0.3, 0.4) is 0 Å². The Morgan fingerprint density at radius 2 is 2.16 bits per heavy atom. The molecule has 2 rings (SSSR count). The second-order valence-corrected chi connectivity index (χ2v) is 6.16. The van der Waals surface area contributed by atoms with Crippen LogP contribution in [0, 0.1) is 0 Å². The molecular weight excluding hydrogens is 288 g/mol. The lowest BCUT2D eigenvalue weighted by atomic mass is 10.4. The molecule has 0 spiro atoms. The number of ketones is 1. The lowest BCUT2D eigenvalue weighted by Crippen LogP contribution is -2.13. The van der Waals surface area contributed by atoms with Gasteiger partial charge in [-0.25, -0.2) is 18.4 Å². The van der Waals surface area contributed by atoms with Crippen molar-refractivity contribution in [3.8, 4) is 0 Å². The average molecular weight is 298 g/mol.